The molecule has 0 fully saturated rings. The summed E-state index contributed by atoms with van der Waals surface area (Å²) in [5.74, 6) is 0.00531. The molecule has 8 nitrogen and oxygen atoms in total. The van der Waals surface area contributed by atoms with E-state index in [1.54, 1.807) is 0 Å². The van der Waals surface area contributed by atoms with E-state index in [1.165, 1.54) is 6.92 Å². The van der Waals surface area contributed by atoms with Crippen LogP contribution in [-0.2, 0) is 0 Å². The second-order valence-corrected chi connectivity index (χ2v) is 3.94. The highest BCUT2D eigenvalue weighted by atomic mass is 16.6. The van der Waals surface area contributed by atoms with Crippen molar-refractivity contribution in [3.05, 3.63) is 15.8 Å². The molecular weight excluding hydrogens is 238 g/mol. The van der Waals surface area contributed by atoms with E-state index in [-0.39, 0.29) is 29.7 Å². The number of hydrogen-bond acceptors (Lipinski definition) is 7. The third-order valence-electron chi connectivity index (χ3n) is 2.39. The van der Waals surface area contributed by atoms with Crippen molar-refractivity contribution in [1.29, 1.82) is 0 Å². The Morgan fingerprint density at radius 3 is 2.78 bits per heavy atom. The molecule has 0 aliphatic heterocycles. The summed E-state index contributed by atoms with van der Waals surface area (Å²) < 4.78 is 0. The first-order valence-electron chi connectivity index (χ1n) is 5.66. The van der Waals surface area contributed by atoms with Crippen LogP contribution in [0.15, 0.2) is 0 Å². The van der Waals surface area contributed by atoms with Gasteiger partial charge in [0.05, 0.1) is 11.0 Å². The Morgan fingerprint density at radius 2 is 2.22 bits per heavy atom. The predicted molar refractivity (Wildman–Crippen MR) is 67.2 cm³/mol. The van der Waals surface area contributed by atoms with E-state index in [4.69, 9.17) is 5.73 Å². The Kier molecular flexibility index (Phi) is 4.78. The first-order valence-corrected chi connectivity index (χ1v) is 5.66. The van der Waals surface area contributed by atoms with Crippen LogP contribution < -0.4 is 11.1 Å². The molecule has 0 aliphatic rings. The van der Waals surface area contributed by atoms with Gasteiger partial charge in [-0.1, -0.05) is 13.3 Å². The summed E-state index contributed by atoms with van der Waals surface area (Å²) in [6.07, 6.45) is 0.863. The first kappa shape index (κ1) is 14.1. The van der Waals surface area contributed by atoms with Gasteiger partial charge in [0.1, 0.15) is 5.69 Å². The minimum Gasteiger partial charge on any atom is -0.391 e. The molecule has 1 heterocycles. The highest BCUT2D eigenvalue weighted by molar-refractivity contribution is 5.60. The average Bonchev–Trinajstić information content (AvgIpc) is 2.25. The fourth-order valence-corrected chi connectivity index (χ4v) is 1.58. The van der Waals surface area contributed by atoms with Crippen molar-refractivity contribution < 1.29 is 10.0 Å². The first-order chi connectivity index (χ1) is 8.45. The molecular formula is C10H17N5O3. The third kappa shape index (κ3) is 3.52. The van der Waals surface area contributed by atoms with Gasteiger partial charge in [0.25, 0.3) is 0 Å². The van der Waals surface area contributed by atoms with Gasteiger partial charge in [-0.05, 0) is 13.3 Å². The van der Waals surface area contributed by atoms with Crippen molar-refractivity contribution >= 4 is 17.5 Å². The number of nitrogens with zero attached hydrogens (tertiary/aromatic N) is 3. The number of hydrogen-bond donors (Lipinski definition) is 3. The zero-order chi connectivity index (χ0) is 13.7. The fourth-order valence-electron chi connectivity index (χ4n) is 1.58. The normalized spacial score (nSPS) is 12.2. The topological polar surface area (TPSA) is 127 Å². The van der Waals surface area contributed by atoms with Crippen LogP contribution in [0, 0.1) is 17.0 Å². The zero-order valence-electron chi connectivity index (χ0n) is 10.4. The number of aliphatic hydroxyl groups excluding tert-OH is 1. The summed E-state index contributed by atoms with van der Waals surface area (Å²) in [6.45, 7) is 3.62. The van der Waals surface area contributed by atoms with E-state index in [0.29, 0.717) is 6.42 Å². The second kappa shape index (κ2) is 6.10. The zero-order valence-corrected chi connectivity index (χ0v) is 10.4. The Bertz CT molecular complexity index is 438. The number of aliphatic hydroxyl groups is 1. The maximum atomic E-state index is 10.9. The van der Waals surface area contributed by atoms with Gasteiger partial charge in [-0.25, -0.2) is 4.98 Å². The Labute approximate surface area is 104 Å². The number of nitrogens with two attached hydrogens (primary N) is 1. The summed E-state index contributed by atoms with van der Waals surface area (Å²) in [5, 5.41) is 23.2. The highest BCUT2D eigenvalue weighted by Gasteiger charge is 2.21. The smallest absolute Gasteiger partial charge is 0.332 e. The van der Waals surface area contributed by atoms with Crippen LogP contribution in [0.4, 0.5) is 17.5 Å². The molecule has 0 spiro atoms. The van der Waals surface area contributed by atoms with Gasteiger partial charge in [-0.3, -0.25) is 10.1 Å². The molecule has 1 atom stereocenters. The van der Waals surface area contributed by atoms with Crippen molar-refractivity contribution in [2.24, 2.45) is 0 Å². The molecule has 0 aromatic carbocycles. The lowest BCUT2D eigenvalue weighted by Gasteiger charge is -2.12. The second-order valence-electron chi connectivity index (χ2n) is 3.94. The van der Waals surface area contributed by atoms with Crippen LogP contribution in [0.1, 0.15) is 25.5 Å². The number of nitrogens with one attached hydrogen (secondary N) is 1. The molecule has 100 valence electrons. The van der Waals surface area contributed by atoms with Crippen LogP contribution in [0.5, 0.6) is 0 Å². The van der Waals surface area contributed by atoms with Crippen LogP contribution in [0.3, 0.4) is 0 Å². The molecule has 0 aliphatic carbocycles. The molecule has 0 radical (unpaired) electrons. The highest BCUT2D eigenvalue weighted by Crippen LogP contribution is 2.25. The van der Waals surface area contributed by atoms with E-state index < -0.39 is 11.0 Å². The van der Waals surface area contributed by atoms with Crippen molar-refractivity contribution in [2.45, 2.75) is 32.8 Å². The largest absolute Gasteiger partial charge is 0.391 e. The van der Waals surface area contributed by atoms with E-state index in [0.717, 1.165) is 6.42 Å². The number of anilines is 2. The Balaban J connectivity index is 2.90. The summed E-state index contributed by atoms with van der Waals surface area (Å²) in [5.41, 5.74) is 5.43. The molecule has 1 aromatic heterocycles. The Hall–Kier alpha value is -1.96. The van der Waals surface area contributed by atoms with E-state index >= 15 is 0 Å². The van der Waals surface area contributed by atoms with E-state index in [9.17, 15) is 15.2 Å². The molecule has 0 saturated heterocycles. The van der Waals surface area contributed by atoms with Gasteiger partial charge >= 0.3 is 5.69 Å². The fraction of sp³-hybridized carbons (Fsp3) is 0.600. The van der Waals surface area contributed by atoms with Gasteiger partial charge in [-0.15, -0.1) is 0 Å². The van der Waals surface area contributed by atoms with E-state index in [1.807, 2.05) is 6.92 Å². The lowest BCUT2D eigenvalue weighted by atomic mass is 10.2. The van der Waals surface area contributed by atoms with Crippen LogP contribution in [0.25, 0.3) is 0 Å². The molecule has 8 heteroatoms. The predicted octanol–water partition coefficient (Wildman–Crippen LogP) is 0.848. The molecule has 1 rings (SSSR count). The lowest BCUT2D eigenvalue weighted by molar-refractivity contribution is -0.385. The molecule has 0 saturated carbocycles. The van der Waals surface area contributed by atoms with Crippen LogP contribution in [-0.4, -0.2) is 32.6 Å². The monoisotopic (exact) mass is 255 g/mol. The van der Waals surface area contributed by atoms with Crippen molar-refractivity contribution in [3.8, 4) is 0 Å². The third-order valence-corrected chi connectivity index (χ3v) is 2.39. The standard InChI is InChI=1S/C10H17N5O3/c1-3-4-7(16)5-12-9-8(15(17)18)6(2)13-10(11)14-9/h7,16H,3-5H2,1-2H3,(H3,11,12,13,14). The van der Waals surface area contributed by atoms with Gasteiger partial charge in [-0.2, -0.15) is 4.98 Å². The minimum atomic E-state index is -0.578. The maximum absolute atomic E-state index is 10.9. The molecule has 18 heavy (non-hydrogen) atoms. The van der Waals surface area contributed by atoms with Crippen molar-refractivity contribution in [1.82, 2.24) is 9.97 Å². The van der Waals surface area contributed by atoms with Crippen molar-refractivity contribution in [2.75, 3.05) is 17.6 Å². The molecule has 4 N–H and O–H groups in total. The number of rotatable bonds is 6. The van der Waals surface area contributed by atoms with Gasteiger partial charge in [0.2, 0.25) is 11.8 Å². The van der Waals surface area contributed by atoms with Crippen LogP contribution in [0.2, 0.25) is 0 Å². The maximum Gasteiger partial charge on any atom is 0.332 e. The summed E-state index contributed by atoms with van der Waals surface area (Å²) >= 11 is 0. The van der Waals surface area contributed by atoms with Gasteiger partial charge in [0.15, 0.2) is 0 Å². The van der Waals surface area contributed by atoms with Crippen molar-refractivity contribution in [3.63, 3.8) is 0 Å². The quantitative estimate of drug-likeness (QED) is 0.507. The minimum absolute atomic E-state index is 0.0365. The SMILES string of the molecule is CCCC(O)CNc1nc(N)nc(C)c1[N+](=O)[O-]. The average molecular weight is 255 g/mol. The lowest BCUT2D eigenvalue weighted by Crippen LogP contribution is -2.21. The molecule has 1 unspecified atom stereocenters. The number of aromatic nitrogens is 2. The molecule has 1 aromatic rings. The summed E-state index contributed by atoms with van der Waals surface area (Å²) in [4.78, 5) is 17.9. The van der Waals surface area contributed by atoms with Gasteiger partial charge in [0, 0.05) is 6.54 Å². The summed E-state index contributed by atoms with van der Waals surface area (Å²) in [7, 11) is 0. The van der Waals surface area contributed by atoms with E-state index in [2.05, 4.69) is 15.3 Å². The Morgan fingerprint density at radius 1 is 1.56 bits per heavy atom. The molecule has 0 amide bonds. The number of nitro groups is 1. The number of aryl methyl sites for hydroxylation is 1. The molecule has 0 bridgehead atoms. The van der Waals surface area contributed by atoms with Crippen LogP contribution >= 0.6 is 0 Å². The summed E-state index contributed by atoms with van der Waals surface area (Å²) in [6, 6.07) is 0. The number of nitrogen functional groups attached to an aromatic ring is 1. The van der Waals surface area contributed by atoms with Gasteiger partial charge < -0.3 is 16.2 Å².